The summed E-state index contributed by atoms with van der Waals surface area (Å²) in [6, 6.07) is 20.2. The molecule has 2 aromatic carbocycles. The zero-order valence-electron chi connectivity index (χ0n) is 23.3. The number of carbonyl (C=O) groups is 3. The molecule has 1 aliphatic heterocycles. The van der Waals surface area contributed by atoms with E-state index in [2.05, 4.69) is 15.6 Å². The highest BCUT2D eigenvalue weighted by Gasteiger charge is 2.27. The van der Waals surface area contributed by atoms with E-state index in [9.17, 15) is 14.4 Å². The molecule has 0 bridgehead atoms. The van der Waals surface area contributed by atoms with Crippen LogP contribution >= 0.6 is 0 Å². The van der Waals surface area contributed by atoms with Crippen LogP contribution in [0.3, 0.4) is 0 Å². The van der Waals surface area contributed by atoms with Crippen LogP contribution in [0.5, 0.6) is 0 Å². The van der Waals surface area contributed by atoms with Gasteiger partial charge in [0.25, 0.3) is 11.8 Å². The van der Waals surface area contributed by atoms with Crippen molar-refractivity contribution >= 4 is 40.2 Å². The van der Waals surface area contributed by atoms with Crippen molar-refractivity contribution in [3.05, 3.63) is 89.3 Å². The number of piperidine rings is 1. The van der Waals surface area contributed by atoms with Crippen molar-refractivity contribution in [1.29, 1.82) is 0 Å². The van der Waals surface area contributed by atoms with Crippen LogP contribution in [0.2, 0.25) is 0 Å². The fourth-order valence-electron chi connectivity index (χ4n) is 4.77. The van der Waals surface area contributed by atoms with Gasteiger partial charge in [0.15, 0.2) is 11.3 Å². The van der Waals surface area contributed by atoms with Gasteiger partial charge in [-0.05, 0) is 79.8 Å². The van der Waals surface area contributed by atoms with Crippen LogP contribution in [-0.2, 0) is 4.79 Å². The van der Waals surface area contributed by atoms with E-state index < -0.39 is 5.41 Å². The molecule has 0 saturated carbocycles. The second-order valence-electron chi connectivity index (χ2n) is 11.4. The third kappa shape index (κ3) is 6.06. The molecule has 1 saturated heterocycles. The second-order valence-corrected chi connectivity index (χ2v) is 11.4. The number of amides is 3. The van der Waals surface area contributed by atoms with Gasteiger partial charge in [0.1, 0.15) is 5.52 Å². The van der Waals surface area contributed by atoms with Crippen molar-refractivity contribution in [2.45, 2.75) is 46.5 Å². The summed E-state index contributed by atoms with van der Waals surface area (Å²) < 4.78 is 5.75. The smallest absolute Gasteiger partial charge is 0.289 e. The van der Waals surface area contributed by atoms with Crippen LogP contribution in [-0.4, -0.2) is 40.7 Å². The summed E-state index contributed by atoms with van der Waals surface area (Å²) in [4.78, 5) is 44.2. The van der Waals surface area contributed by atoms with Gasteiger partial charge in [-0.3, -0.25) is 14.4 Å². The number of aryl methyl sites for hydroxylation is 1. The quantitative estimate of drug-likeness (QED) is 0.306. The summed E-state index contributed by atoms with van der Waals surface area (Å²) >= 11 is 0. The number of aromatic nitrogens is 1. The Labute approximate surface area is 233 Å². The van der Waals surface area contributed by atoms with Crippen molar-refractivity contribution in [1.82, 2.24) is 9.88 Å². The Balaban J connectivity index is 1.14. The number of hydrogen-bond donors (Lipinski definition) is 2. The predicted octanol–water partition coefficient (Wildman–Crippen LogP) is 6.39. The third-order valence-electron chi connectivity index (χ3n) is 7.23. The van der Waals surface area contributed by atoms with Crippen LogP contribution in [0.1, 0.15) is 71.7 Å². The molecule has 0 aliphatic carbocycles. The summed E-state index contributed by atoms with van der Waals surface area (Å²) in [6.07, 6.45) is 1.71. The number of anilines is 2. The normalized spacial score (nSPS) is 14.2. The number of fused-ring (bicyclic) bond motifs is 1. The summed E-state index contributed by atoms with van der Waals surface area (Å²) in [5.74, 6) is 0.266. The molecule has 8 nitrogen and oxygen atoms in total. The van der Waals surface area contributed by atoms with Gasteiger partial charge < -0.3 is 20.0 Å². The third-order valence-corrected chi connectivity index (χ3v) is 7.23. The standard InChI is InChI=1S/C32H34N4O4/c1-20-5-14-27-26(33-20)19-28(40-27)30(38)36-17-15-22(16-18-36)21-6-10-24(11-7-21)34-29(37)23-8-12-25(13-9-23)35-31(39)32(2,3)4/h5-14,19,22H,15-18H2,1-4H3,(H,34,37)(H,35,39). The summed E-state index contributed by atoms with van der Waals surface area (Å²) in [5.41, 5.74) is 4.76. The number of nitrogens with one attached hydrogen (secondary N) is 2. The first-order valence-electron chi connectivity index (χ1n) is 13.6. The predicted molar refractivity (Wildman–Crippen MR) is 156 cm³/mol. The Morgan fingerprint density at radius 1 is 0.875 bits per heavy atom. The van der Waals surface area contributed by atoms with E-state index >= 15 is 0 Å². The Hall–Kier alpha value is -4.46. The zero-order valence-corrected chi connectivity index (χ0v) is 23.3. The Kier molecular flexibility index (Phi) is 7.43. The lowest BCUT2D eigenvalue weighted by Gasteiger charge is -2.31. The van der Waals surface area contributed by atoms with E-state index in [-0.39, 0.29) is 17.7 Å². The SMILES string of the molecule is Cc1ccc2oc(C(=O)N3CCC(c4ccc(NC(=O)c5ccc(NC(=O)C(C)(C)C)cc5)cc4)CC3)cc2n1. The molecular formula is C32H34N4O4. The molecule has 0 unspecified atom stereocenters. The van der Waals surface area contributed by atoms with Crippen molar-refractivity contribution in [2.75, 3.05) is 23.7 Å². The van der Waals surface area contributed by atoms with Crippen LogP contribution in [0.15, 0.2) is 71.1 Å². The number of benzene rings is 2. The molecule has 0 spiro atoms. The lowest BCUT2D eigenvalue weighted by molar-refractivity contribution is -0.123. The molecular weight excluding hydrogens is 504 g/mol. The van der Waals surface area contributed by atoms with Gasteiger partial charge in [-0.1, -0.05) is 32.9 Å². The number of pyridine rings is 1. The molecule has 206 valence electrons. The molecule has 3 heterocycles. The highest BCUT2D eigenvalue weighted by Crippen LogP contribution is 2.30. The van der Waals surface area contributed by atoms with E-state index in [0.717, 1.165) is 18.5 Å². The lowest BCUT2D eigenvalue weighted by Crippen LogP contribution is -2.37. The Morgan fingerprint density at radius 2 is 1.50 bits per heavy atom. The number of carbonyl (C=O) groups excluding carboxylic acids is 3. The van der Waals surface area contributed by atoms with Crippen LogP contribution < -0.4 is 10.6 Å². The Morgan fingerprint density at radius 3 is 2.15 bits per heavy atom. The van der Waals surface area contributed by atoms with E-state index in [1.54, 1.807) is 30.3 Å². The molecule has 40 heavy (non-hydrogen) atoms. The topological polar surface area (TPSA) is 105 Å². The van der Waals surface area contributed by atoms with E-state index in [4.69, 9.17) is 4.42 Å². The van der Waals surface area contributed by atoms with Gasteiger partial charge in [0.2, 0.25) is 5.91 Å². The maximum atomic E-state index is 13.0. The number of rotatable bonds is 5. The van der Waals surface area contributed by atoms with Gasteiger partial charge in [0, 0.05) is 47.2 Å². The molecule has 2 aromatic heterocycles. The largest absolute Gasteiger partial charge is 0.449 e. The van der Waals surface area contributed by atoms with Gasteiger partial charge in [-0.15, -0.1) is 0 Å². The number of furan rings is 1. The number of nitrogens with zero attached hydrogens (tertiary/aromatic N) is 2. The van der Waals surface area contributed by atoms with Crippen molar-refractivity contribution in [3.8, 4) is 0 Å². The number of likely N-dealkylation sites (tertiary alicyclic amines) is 1. The summed E-state index contributed by atoms with van der Waals surface area (Å²) in [5, 5.41) is 5.79. The minimum atomic E-state index is -0.497. The highest BCUT2D eigenvalue weighted by atomic mass is 16.3. The van der Waals surface area contributed by atoms with Crippen molar-refractivity contribution < 1.29 is 18.8 Å². The van der Waals surface area contributed by atoms with E-state index in [1.165, 1.54) is 5.56 Å². The minimum absolute atomic E-state index is 0.0825. The van der Waals surface area contributed by atoms with Gasteiger partial charge in [0.05, 0.1) is 0 Å². The van der Waals surface area contributed by atoms with Crippen molar-refractivity contribution in [2.24, 2.45) is 5.41 Å². The van der Waals surface area contributed by atoms with Gasteiger partial charge >= 0.3 is 0 Å². The Bertz CT molecular complexity index is 1540. The second kappa shape index (κ2) is 11.0. The molecule has 1 aliphatic rings. The lowest BCUT2D eigenvalue weighted by atomic mass is 9.89. The number of hydrogen-bond acceptors (Lipinski definition) is 5. The molecule has 0 radical (unpaired) electrons. The van der Waals surface area contributed by atoms with E-state index in [1.807, 2.05) is 69.0 Å². The fourth-order valence-corrected chi connectivity index (χ4v) is 4.77. The highest BCUT2D eigenvalue weighted by molar-refractivity contribution is 6.04. The fraction of sp³-hybridized carbons (Fsp3) is 0.312. The average Bonchev–Trinajstić information content (AvgIpc) is 3.36. The summed E-state index contributed by atoms with van der Waals surface area (Å²) in [7, 11) is 0. The van der Waals surface area contributed by atoms with E-state index in [0.29, 0.717) is 52.8 Å². The summed E-state index contributed by atoms with van der Waals surface area (Å²) in [6.45, 7) is 8.76. The molecule has 1 fully saturated rings. The van der Waals surface area contributed by atoms with Gasteiger partial charge in [-0.2, -0.15) is 0 Å². The molecule has 5 rings (SSSR count). The first-order valence-corrected chi connectivity index (χ1v) is 13.6. The molecule has 2 N–H and O–H groups in total. The monoisotopic (exact) mass is 538 g/mol. The minimum Gasteiger partial charge on any atom is -0.449 e. The first-order chi connectivity index (χ1) is 19.1. The molecule has 4 aromatic rings. The maximum Gasteiger partial charge on any atom is 0.289 e. The van der Waals surface area contributed by atoms with Gasteiger partial charge in [-0.25, -0.2) is 4.98 Å². The molecule has 0 atom stereocenters. The van der Waals surface area contributed by atoms with Crippen LogP contribution in [0.4, 0.5) is 11.4 Å². The average molecular weight is 539 g/mol. The van der Waals surface area contributed by atoms with Crippen molar-refractivity contribution in [3.63, 3.8) is 0 Å². The molecule has 3 amide bonds. The molecule has 8 heteroatoms. The maximum absolute atomic E-state index is 13.0. The zero-order chi connectivity index (χ0) is 28.4. The van der Waals surface area contributed by atoms with Crippen LogP contribution in [0, 0.1) is 12.3 Å². The first kappa shape index (κ1) is 27.1. The van der Waals surface area contributed by atoms with Crippen LogP contribution in [0.25, 0.3) is 11.1 Å².